The van der Waals surface area contributed by atoms with Gasteiger partial charge in [0.2, 0.25) is 0 Å². The van der Waals surface area contributed by atoms with Gasteiger partial charge in [-0.1, -0.05) is 0 Å². The second-order valence-electron chi connectivity index (χ2n) is 1.37. The summed E-state index contributed by atoms with van der Waals surface area (Å²) < 4.78 is 9.00. The maximum absolute atomic E-state index is 10.2. The Hall–Kier alpha value is -0.610. The van der Waals surface area contributed by atoms with Crippen LogP contribution in [0.4, 0.5) is 0 Å². The van der Waals surface area contributed by atoms with Crippen LogP contribution in [0.25, 0.3) is 0 Å². The van der Waals surface area contributed by atoms with Crippen LogP contribution in [0.15, 0.2) is 0 Å². The third-order valence-corrected chi connectivity index (χ3v) is 0.680. The van der Waals surface area contributed by atoms with Crippen molar-refractivity contribution >= 4 is 5.97 Å². The SMILES string of the molecule is COCCOC(=O)CO. The first kappa shape index (κ1) is 8.39. The minimum absolute atomic E-state index is 0.204. The van der Waals surface area contributed by atoms with Gasteiger partial charge in [0.25, 0.3) is 0 Å². The topological polar surface area (TPSA) is 55.8 Å². The standard InChI is InChI=1S/C5H10O4/c1-8-2-3-9-5(7)4-6/h6H,2-4H2,1H3. The van der Waals surface area contributed by atoms with Crippen LogP contribution < -0.4 is 0 Å². The molecule has 0 rings (SSSR count). The Labute approximate surface area is 53.4 Å². The Morgan fingerprint density at radius 3 is 2.67 bits per heavy atom. The summed E-state index contributed by atoms with van der Waals surface area (Å²) in [4.78, 5) is 10.2. The van der Waals surface area contributed by atoms with E-state index in [1.807, 2.05) is 0 Å². The molecule has 0 aliphatic carbocycles. The highest BCUT2D eigenvalue weighted by Crippen LogP contribution is 1.76. The molecule has 4 nitrogen and oxygen atoms in total. The third-order valence-electron chi connectivity index (χ3n) is 0.680. The zero-order valence-corrected chi connectivity index (χ0v) is 5.29. The van der Waals surface area contributed by atoms with E-state index in [0.717, 1.165) is 0 Å². The molecule has 0 spiro atoms. The lowest BCUT2D eigenvalue weighted by Crippen LogP contribution is -2.12. The molecule has 0 heterocycles. The van der Waals surface area contributed by atoms with Gasteiger partial charge in [-0.15, -0.1) is 0 Å². The van der Waals surface area contributed by atoms with E-state index in [2.05, 4.69) is 9.47 Å². The predicted octanol–water partition coefficient (Wildman–Crippen LogP) is -0.832. The number of carbonyl (C=O) groups is 1. The van der Waals surface area contributed by atoms with Gasteiger partial charge in [-0.25, -0.2) is 4.79 Å². The number of hydrogen-bond acceptors (Lipinski definition) is 4. The summed E-state index contributed by atoms with van der Waals surface area (Å²) in [6, 6.07) is 0. The van der Waals surface area contributed by atoms with E-state index in [1.54, 1.807) is 0 Å². The fourth-order valence-corrected chi connectivity index (χ4v) is 0.284. The molecule has 0 saturated carbocycles. The van der Waals surface area contributed by atoms with Crippen molar-refractivity contribution in [1.82, 2.24) is 0 Å². The molecule has 0 amide bonds. The molecule has 0 aromatic rings. The average molecular weight is 134 g/mol. The van der Waals surface area contributed by atoms with Crippen LogP contribution >= 0.6 is 0 Å². The number of rotatable bonds is 4. The Morgan fingerprint density at radius 1 is 1.56 bits per heavy atom. The highest BCUT2D eigenvalue weighted by molar-refractivity contribution is 5.70. The molecule has 4 heteroatoms. The predicted molar refractivity (Wildman–Crippen MR) is 29.9 cm³/mol. The first-order valence-corrected chi connectivity index (χ1v) is 2.56. The lowest BCUT2D eigenvalue weighted by molar-refractivity contribution is -0.148. The number of aliphatic hydroxyl groups excluding tert-OH is 1. The van der Waals surface area contributed by atoms with Gasteiger partial charge in [0.1, 0.15) is 13.2 Å². The molecule has 0 unspecified atom stereocenters. The summed E-state index contributed by atoms with van der Waals surface area (Å²) >= 11 is 0. The molecular weight excluding hydrogens is 124 g/mol. The molecule has 0 bridgehead atoms. The Kier molecular flexibility index (Phi) is 5.15. The molecule has 54 valence electrons. The minimum atomic E-state index is -0.618. The number of methoxy groups -OCH3 is 1. The van der Waals surface area contributed by atoms with E-state index < -0.39 is 12.6 Å². The summed E-state index contributed by atoms with van der Waals surface area (Å²) in [6.07, 6.45) is 0. The van der Waals surface area contributed by atoms with Crippen LogP contribution in [0.1, 0.15) is 0 Å². The van der Waals surface area contributed by atoms with Crippen LogP contribution in [-0.2, 0) is 14.3 Å². The molecule has 0 aromatic carbocycles. The molecule has 1 N–H and O–H groups in total. The van der Waals surface area contributed by atoms with Gasteiger partial charge >= 0.3 is 5.97 Å². The second kappa shape index (κ2) is 5.53. The number of aliphatic hydroxyl groups is 1. The van der Waals surface area contributed by atoms with Crippen LogP contribution in [0, 0.1) is 0 Å². The van der Waals surface area contributed by atoms with Gasteiger partial charge in [0, 0.05) is 7.11 Å². The molecule has 0 saturated heterocycles. The third kappa shape index (κ3) is 5.26. The maximum atomic E-state index is 10.2. The van der Waals surface area contributed by atoms with Crippen LogP contribution in [0.2, 0.25) is 0 Å². The largest absolute Gasteiger partial charge is 0.462 e. The van der Waals surface area contributed by atoms with Gasteiger partial charge < -0.3 is 14.6 Å². The number of hydrogen-bond donors (Lipinski definition) is 1. The molecule has 0 aliphatic rings. The van der Waals surface area contributed by atoms with Crippen molar-refractivity contribution in [3.05, 3.63) is 0 Å². The normalized spacial score (nSPS) is 9.11. The minimum Gasteiger partial charge on any atom is -0.462 e. The van der Waals surface area contributed by atoms with E-state index in [1.165, 1.54) is 7.11 Å². The van der Waals surface area contributed by atoms with E-state index in [9.17, 15) is 4.79 Å². The first-order valence-electron chi connectivity index (χ1n) is 2.56. The van der Waals surface area contributed by atoms with Gasteiger partial charge in [-0.3, -0.25) is 0 Å². The molecule has 0 atom stereocenters. The second-order valence-corrected chi connectivity index (χ2v) is 1.37. The fourth-order valence-electron chi connectivity index (χ4n) is 0.284. The molecule has 0 radical (unpaired) electrons. The lowest BCUT2D eigenvalue weighted by Gasteiger charge is -1.99. The Balaban J connectivity index is 2.97. The highest BCUT2D eigenvalue weighted by Gasteiger charge is 1.96. The van der Waals surface area contributed by atoms with Crippen molar-refractivity contribution in [2.24, 2.45) is 0 Å². The van der Waals surface area contributed by atoms with E-state index in [0.29, 0.717) is 6.61 Å². The Morgan fingerprint density at radius 2 is 2.22 bits per heavy atom. The van der Waals surface area contributed by atoms with Crippen molar-refractivity contribution in [3.8, 4) is 0 Å². The lowest BCUT2D eigenvalue weighted by atomic mass is 10.7. The summed E-state index contributed by atoms with van der Waals surface area (Å²) in [6.45, 7) is 0.00531. The number of esters is 1. The summed E-state index contributed by atoms with van der Waals surface area (Å²) in [7, 11) is 1.51. The summed E-state index contributed by atoms with van der Waals surface area (Å²) in [5.74, 6) is -0.618. The van der Waals surface area contributed by atoms with Crippen LogP contribution in [0.3, 0.4) is 0 Å². The first-order chi connectivity index (χ1) is 4.31. The van der Waals surface area contributed by atoms with Crippen molar-refractivity contribution in [3.63, 3.8) is 0 Å². The van der Waals surface area contributed by atoms with Crippen molar-refractivity contribution < 1.29 is 19.4 Å². The zero-order valence-electron chi connectivity index (χ0n) is 5.29. The van der Waals surface area contributed by atoms with E-state index in [4.69, 9.17) is 5.11 Å². The smallest absolute Gasteiger partial charge is 0.331 e. The van der Waals surface area contributed by atoms with Crippen molar-refractivity contribution in [1.29, 1.82) is 0 Å². The van der Waals surface area contributed by atoms with Crippen LogP contribution in [0.5, 0.6) is 0 Å². The fraction of sp³-hybridized carbons (Fsp3) is 0.800. The summed E-state index contributed by atoms with van der Waals surface area (Å²) in [5, 5.41) is 8.12. The highest BCUT2D eigenvalue weighted by atomic mass is 16.6. The average Bonchev–Trinajstić information content (AvgIpc) is 1.89. The zero-order chi connectivity index (χ0) is 7.11. The molecular formula is C5H10O4. The Bertz CT molecular complexity index is 81.0. The van der Waals surface area contributed by atoms with Crippen LogP contribution in [-0.4, -0.2) is 38.0 Å². The molecule has 9 heavy (non-hydrogen) atoms. The monoisotopic (exact) mass is 134 g/mol. The van der Waals surface area contributed by atoms with E-state index in [-0.39, 0.29) is 6.61 Å². The maximum Gasteiger partial charge on any atom is 0.331 e. The van der Waals surface area contributed by atoms with Crippen molar-refractivity contribution in [2.75, 3.05) is 26.9 Å². The molecule has 0 aliphatic heterocycles. The molecule has 0 fully saturated rings. The van der Waals surface area contributed by atoms with E-state index >= 15 is 0 Å². The number of ether oxygens (including phenoxy) is 2. The van der Waals surface area contributed by atoms with Gasteiger partial charge in [0.15, 0.2) is 0 Å². The quantitative estimate of drug-likeness (QED) is 0.402. The van der Waals surface area contributed by atoms with Gasteiger partial charge in [-0.2, -0.15) is 0 Å². The summed E-state index contributed by atoms with van der Waals surface area (Å²) in [5.41, 5.74) is 0. The van der Waals surface area contributed by atoms with Crippen molar-refractivity contribution in [2.45, 2.75) is 0 Å². The van der Waals surface area contributed by atoms with Gasteiger partial charge in [-0.05, 0) is 0 Å². The van der Waals surface area contributed by atoms with Gasteiger partial charge in [0.05, 0.1) is 6.61 Å². The molecule has 0 aromatic heterocycles. The number of carbonyl (C=O) groups excluding carboxylic acids is 1.